The van der Waals surface area contributed by atoms with Gasteiger partial charge < -0.3 is 20.1 Å². The Morgan fingerprint density at radius 1 is 0.328 bits per heavy atom. The second kappa shape index (κ2) is 26.6. The average molecular weight is 1020 g/mol. The standard InChI is InChI=1S/C55H56Cl6N2O4/c56-46-20-8-40(9-21-46)54(41-10-22-47(57)23-11-41,42-12-24-48(58)25-13-42)38-52(64)66-36-5-1-3-32-62-34-7-35-63-33-4-2-6-37-67-53(65)39-55(43-14-26-49(59)27-15-43,44-16-28-50(60)29-17-44)45-18-30-51(61)31-19-45/h8-31,62-63H,1-7,32-39H2. The van der Waals surface area contributed by atoms with Crippen molar-refractivity contribution in [2.45, 2.75) is 68.6 Å². The Kier molecular flexibility index (Phi) is 20.8. The second-order valence-electron chi connectivity index (χ2n) is 16.6. The molecule has 0 saturated carbocycles. The summed E-state index contributed by atoms with van der Waals surface area (Å²) in [5.74, 6) is -0.578. The van der Waals surface area contributed by atoms with E-state index in [9.17, 15) is 9.59 Å². The van der Waals surface area contributed by atoms with Gasteiger partial charge in [0.25, 0.3) is 0 Å². The van der Waals surface area contributed by atoms with E-state index < -0.39 is 10.8 Å². The van der Waals surface area contributed by atoms with Crippen LogP contribution in [0.1, 0.15) is 91.2 Å². The normalized spacial score (nSPS) is 11.7. The van der Waals surface area contributed by atoms with Crippen LogP contribution >= 0.6 is 69.6 Å². The summed E-state index contributed by atoms with van der Waals surface area (Å²) in [7, 11) is 0. The van der Waals surface area contributed by atoms with E-state index in [2.05, 4.69) is 10.6 Å². The monoisotopic (exact) mass is 1020 g/mol. The fourth-order valence-electron chi connectivity index (χ4n) is 8.57. The zero-order valence-corrected chi connectivity index (χ0v) is 41.9. The van der Waals surface area contributed by atoms with Crippen molar-refractivity contribution >= 4 is 81.5 Å². The Morgan fingerprint density at radius 2 is 0.552 bits per heavy atom. The summed E-state index contributed by atoms with van der Waals surface area (Å²) in [6, 6.07) is 45.5. The molecule has 0 amide bonds. The Morgan fingerprint density at radius 3 is 0.791 bits per heavy atom. The zero-order valence-electron chi connectivity index (χ0n) is 37.4. The number of benzene rings is 6. The summed E-state index contributed by atoms with van der Waals surface area (Å²) < 4.78 is 11.7. The highest BCUT2D eigenvalue weighted by atomic mass is 35.5. The Bertz CT molecular complexity index is 2040. The lowest BCUT2D eigenvalue weighted by atomic mass is 9.67. The van der Waals surface area contributed by atoms with Crippen LogP contribution in [0.5, 0.6) is 0 Å². The van der Waals surface area contributed by atoms with E-state index in [-0.39, 0.29) is 24.8 Å². The Balaban J connectivity index is 0.851. The molecule has 0 radical (unpaired) electrons. The summed E-state index contributed by atoms with van der Waals surface area (Å²) >= 11 is 37.8. The highest BCUT2D eigenvalue weighted by molar-refractivity contribution is 6.32. The maximum atomic E-state index is 13.6. The summed E-state index contributed by atoms with van der Waals surface area (Å²) in [6.45, 7) is 4.35. The first-order valence-corrected chi connectivity index (χ1v) is 25.1. The van der Waals surface area contributed by atoms with Crippen molar-refractivity contribution in [3.63, 3.8) is 0 Å². The largest absolute Gasteiger partial charge is 0.466 e. The number of carbonyl (C=O) groups excluding carboxylic acids is 2. The molecule has 6 aromatic rings. The van der Waals surface area contributed by atoms with Gasteiger partial charge in [0, 0.05) is 30.1 Å². The summed E-state index contributed by atoms with van der Waals surface area (Å²) in [6.07, 6.45) is 6.62. The topological polar surface area (TPSA) is 76.7 Å². The van der Waals surface area contributed by atoms with Crippen molar-refractivity contribution in [1.82, 2.24) is 10.6 Å². The molecule has 0 aliphatic carbocycles. The molecule has 0 saturated heterocycles. The van der Waals surface area contributed by atoms with Crippen LogP contribution in [0.3, 0.4) is 0 Å². The Labute approximate surface area is 425 Å². The summed E-state index contributed by atoms with van der Waals surface area (Å²) in [5, 5.41) is 10.7. The average Bonchev–Trinajstić information content (AvgIpc) is 3.33. The lowest BCUT2D eigenvalue weighted by molar-refractivity contribution is -0.145. The smallest absolute Gasteiger partial charge is 0.307 e. The molecule has 0 spiro atoms. The van der Waals surface area contributed by atoms with Gasteiger partial charge in [-0.05, 0) is 177 Å². The number of hydrogen-bond acceptors (Lipinski definition) is 6. The molecular formula is C55H56Cl6N2O4. The molecule has 0 fully saturated rings. The van der Waals surface area contributed by atoms with Crippen molar-refractivity contribution in [2.24, 2.45) is 0 Å². The summed E-state index contributed by atoms with van der Waals surface area (Å²) in [4.78, 5) is 27.2. The number of hydrogen-bond donors (Lipinski definition) is 2. The molecule has 0 bridgehead atoms. The van der Waals surface area contributed by atoms with Gasteiger partial charge >= 0.3 is 11.9 Å². The molecule has 0 aromatic heterocycles. The van der Waals surface area contributed by atoms with Crippen LogP contribution in [-0.4, -0.2) is 51.3 Å². The van der Waals surface area contributed by atoms with E-state index in [1.54, 1.807) is 0 Å². The first kappa shape index (κ1) is 52.3. The van der Waals surface area contributed by atoms with Crippen molar-refractivity contribution in [2.75, 3.05) is 39.4 Å². The first-order chi connectivity index (χ1) is 32.5. The van der Waals surface area contributed by atoms with Crippen molar-refractivity contribution in [1.29, 1.82) is 0 Å². The fourth-order valence-corrected chi connectivity index (χ4v) is 9.33. The first-order valence-electron chi connectivity index (χ1n) is 22.8. The molecule has 0 atom stereocenters. The van der Waals surface area contributed by atoms with Crippen LogP contribution in [0.15, 0.2) is 146 Å². The van der Waals surface area contributed by atoms with E-state index in [1.165, 1.54) is 0 Å². The molecule has 0 aliphatic rings. The SMILES string of the molecule is O=C(CC(c1ccc(Cl)cc1)(c1ccc(Cl)cc1)c1ccc(Cl)cc1)OCCCCCNCCCNCCCCCOC(=O)CC(c1ccc(Cl)cc1)(c1ccc(Cl)cc1)c1ccc(Cl)cc1. The number of esters is 2. The third-order valence-corrected chi connectivity index (χ3v) is 13.6. The number of ether oxygens (including phenoxy) is 2. The zero-order chi connectivity index (χ0) is 47.5. The molecule has 2 N–H and O–H groups in total. The van der Waals surface area contributed by atoms with E-state index in [1.807, 2.05) is 146 Å². The van der Waals surface area contributed by atoms with Crippen LogP contribution in [0.2, 0.25) is 30.1 Å². The maximum Gasteiger partial charge on any atom is 0.307 e. The van der Waals surface area contributed by atoms with E-state index in [4.69, 9.17) is 79.1 Å². The van der Waals surface area contributed by atoms with Crippen LogP contribution < -0.4 is 10.6 Å². The van der Waals surface area contributed by atoms with Gasteiger partial charge in [-0.3, -0.25) is 9.59 Å². The predicted octanol–water partition coefficient (Wildman–Crippen LogP) is 14.8. The molecule has 0 aliphatic heterocycles. The van der Waals surface area contributed by atoms with Crippen LogP contribution in [-0.2, 0) is 29.9 Å². The van der Waals surface area contributed by atoms with Crippen molar-refractivity contribution in [3.05, 3.63) is 209 Å². The van der Waals surface area contributed by atoms with Crippen LogP contribution in [0.25, 0.3) is 0 Å². The molecule has 6 nitrogen and oxygen atoms in total. The van der Waals surface area contributed by atoms with Gasteiger partial charge in [-0.25, -0.2) is 0 Å². The van der Waals surface area contributed by atoms with Crippen LogP contribution in [0, 0.1) is 0 Å². The number of nitrogens with one attached hydrogen (secondary N) is 2. The van der Waals surface area contributed by atoms with Crippen molar-refractivity contribution < 1.29 is 19.1 Å². The van der Waals surface area contributed by atoms with Crippen LogP contribution in [0.4, 0.5) is 0 Å². The molecule has 6 rings (SSSR count). The third kappa shape index (κ3) is 15.0. The van der Waals surface area contributed by atoms with Gasteiger partial charge in [0.1, 0.15) is 0 Å². The summed E-state index contributed by atoms with van der Waals surface area (Å²) in [5.41, 5.74) is 3.76. The van der Waals surface area contributed by atoms with Gasteiger partial charge in [0.15, 0.2) is 0 Å². The fraction of sp³-hybridized carbons (Fsp3) is 0.309. The molecule has 0 heterocycles. The van der Waals surface area contributed by atoms with E-state index >= 15 is 0 Å². The van der Waals surface area contributed by atoms with Crippen molar-refractivity contribution in [3.8, 4) is 0 Å². The van der Waals surface area contributed by atoms with Gasteiger partial charge in [0.05, 0.1) is 36.9 Å². The molecule has 67 heavy (non-hydrogen) atoms. The van der Waals surface area contributed by atoms with Gasteiger partial charge in [-0.15, -0.1) is 0 Å². The Hall–Kier alpha value is -4.08. The highest BCUT2D eigenvalue weighted by Gasteiger charge is 2.41. The van der Waals surface area contributed by atoms with Gasteiger partial charge in [0.2, 0.25) is 0 Å². The second-order valence-corrected chi connectivity index (χ2v) is 19.2. The lowest BCUT2D eigenvalue weighted by Gasteiger charge is -2.35. The van der Waals surface area contributed by atoms with Gasteiger partial charge in [-0.1, -0.05) is 142 Å². The number of unbranched alkanes of at least 4 members (excludes halogenated alkanes) is 4. The predicted molar refractivity (Wildman–Crippen MR) is 278 cm³/mol. The number of halogens is 6. The molecule has 0 unspecified atom stereocenters. The minimum atomic E-state index is -0.846. The molecule has 12 heteroatoms. The van der Waals surface area contributed by atoms with Gasteiger partial charge in [-0.2, -0.15) is 0 Å². The maximum absolute atomic E-state index is 13.6. The number of rotatable bonds is 26. The third-order valence-electron chi connectivity index (χ3n) is 12.1. The number of carbonyl (C=O) groups is 2. The highest BCUT2D eigenvalue weighted by Crippen LogP contribution is 2.45. The quantitative estimate of drug-likeness (QED) is 0.0320. The molecule has 6 aromatic carbocycles. The van der Waals surface area contributed by atoms with E-state index in [0.29, 0.717) is 43.3 Å². The molecule has 352 valence electrons. The molecular weight excluding hydrogens is 965 g/mol. The minimum Gasteiger partial charge on any atom is -0.466 e. The minimum absolute atomic E-state index is 0.0921. The van der Waals surface area contributed by atoms with E-state index in [0.717, 1.165) is 105 Å². The lowest BCUT2D eigenvalue weighted by Crippen LogP contribution is -2.33.